The van der Waals surface area contributed by atoms with Crippen molar-refractivity contribution in [2.75, 3.05) is 19.0 Å². The van der Waals surface area contributed by atoms with E-state index >= 15 is 0 Å². The molecule has 0 saturated carbocycles. The number of furan rings is 1. The number of anilines is 2. The normalized spacial score (nSPS) is 11.3. The molecule has 0 unspecified atom stereocenters. The molecule has 0 atom stereocenters. The van der Waals surface area contributed by atoms with Crippen LogP contribution in [0.4, 0.5) is 15.9 Å². The largest absolute Gasteiger partial charge is 0.472 e. The van der Waals surface area contributed by atoms with Crippen LogP contribution in [0.3, 0.4) is 0 Å². The number of nitrogens with zero attached hydrogens (tertiary/aromatic N) is 5. The maximum absolute atomic E-state index is 14.4. The number of hydrogen-bond acceptors (Lipinski definition) is 7. The molecule has 0 aromatic carbocycles. The number of ether oxygens (including phenoxy) is 1. The van der Waals surface area contributed by atoms with Crippen LogP contribution < -0.4 is 5.32 Å². The summed E-state index contributed by atoms with van der Waals surface area (Å²) in [6.07, 6.45) is 6.04. The van der Waals surface area contributed by atoms with Crippen LogP contribution in [0.2, 0.25) is 0 Å². The molecule has 4 heterocycles. The van der Waals surface area contributed by atoms with Crippen molar-refractivity contribution in [2.24, 2.45) is 0 Å². The second-order valence-corrected chi connectivity index (χ2v) is 5.23. The Morgan fingerprint density at radius 1 is 1.36 bits per heavy atom. The zero-order valence-corrected chi connectivity index (χ0v) is 13.2. The van der Waals surface area contributed by atoms with E-state index in [4.69, 9.17) is 9.15 Å². The van der Waals surface area contributed by atoms with Crippen molar-refractivity contribution in [3.05, 3.63) is 36.9 Å². The molecule has 0 bridgehead atoms. The predicted octanol–water partition coefficient (Wildman–Crippen LogP) is 2.34. The van der Waals surface area contributed by atoms with Crippen molar-refractivity contribution in [3.63, 3.8) is 0 Å². The Morgan fingerprint density at radius 3 is 3.08 bits per heavy atom. The summed E-state index contributed by atoms with van der Waals surface area (Å²) in [4.78, 5) is 8.85. The van der Waals surface area contributed by atoms with E-state index in [0.717, 1.165) is 0 Å². The molecule has 0 aliphatic carbocycles. The van der Waals surface area contributed by atoms with Crippen molar-refractivity contribution in [1.29, 1.82) is 0 Å². The van der Waals surface area contributed by atoms with Gasteiger partial charge in [0.2, 0.25) is 5.95 Å². The van der Waals surface area contributed by atoms with E-state index < -0.39 is 5.95 Å². The molecular weight excluding hydrogens is 329 g/mol. The van der Waals surface area contributed by atoms with Gasteiger partial charge in [0.15, 0.2) is 11.6 Å². The Hall–Kier alpha value is -3.27. The Morgan fingerprint density at radius 2 is 2.28 bits per heavy atom. The highest BCUT2D eigenvalue weighted by Gasteiger charge is 2.16. The molecule has 4 aromatic heterocycles. The van der Waals surface area contributed by atoms with E-state index in [0.29, 0.717) is 41.4 Å². The fourth-order valence-electron chi connectivity index (χ4n) is 2.37. The molecule has 0 fully saturated rings. The highest BCUT2D eigenvalue weighted by molar-refractivity contribution is 5.88. The van der Waals surface area contributed by atoms with Crippen LogP contribution in [0.25, 0.3) is 22.4 Å². The first-order chi connectivity index (χ1) is 12.3. The van der Waals surface area contributed by atoms with Crippen molar-refractivity contribution in [3.8, 4) is 11.4 Å². The molecular formula is C15H14FN7O2. The van der Waals surface area contributed by atoms with Gasteiger partial charge in [-0.2, -0.15) is 14.6 Å². The van der Waals surface area contributed by atoms with Gasteiger partial charge in [0.1, 0.15) is 23.0 Å². The third kappa shape index (κ3) is 2.83. The van der Waals surface area contributed by atoms with Crippen LogP contribution >= 0.6 is 0 Å². The third-order valence-electron chi connectivity index (χ3n) is 3.61. The van der Waals surface area contributed by atoms with Gasteiger partial charge in [-0.05, 0) is 6.07 Å². The zero-order chi connectivity index (χ0) is 17.2. The second kappa shape index (κ2) is 6.32. The minimum absolute atomic E-state index is 0.198. The smallest absolute Gasteiger partial charge is 0.235 e. The Bertz CT molecular complexity index is 993. The molecule has 25 heavy (non-hydrogen) atoms. The lowest BCUT2D eigenvalue weighted by Gasteiger charge is -2.07. The topological polar surface area (TPSA) is 107 Å². The molecule has 0 aliphatic rings. The van der Waals surface area contributed by atoms with Crippen molar-refractivity contribution >= 4 is 22.5 Å². The number of fused-ring (bicyclic) bond motifs is 1. The molecule has 2 N–H and O–H groups in total. The van der Waals surface area contributed by atoms with Gasteiger partial charge in [-0.1, -0.05) is 0 Å². The summed E-state index contributed by atoms with van der Waals surface area (Å²) in [6.45, 7) is 0.675. The first kappa shape index (κ1) is 15.3. The molecule has 10 heteroatoms. The van der Waals surface area contributed by atoms with Crippen LogP contribution in [0.15, 0.2) is 35.4 Å². The molecule has 0 aliphatic heterocycles. The quantitative estimate of drug-likeness (QED) is 0.553. The SMILES string of the molecule is COCCn1ncc(Nc2nc(-c3ccoc3)nc3cn[nH]c23)c1F. The molecule has 0 spiro atoms. The summed E-state index contributed by atoms with van der Waals surface area (Å²) in [5.74, 6) is 0.328. The first-order valence-corrected chi connectivity index (χ1v) is 7.47. The van der Waals surface area contributed by atoms with E-state index in [-0.39, 0.29) is 5.69 Å². The number of halogens is 1. The van der Waals surface area contributed by atoms with E-state index in [2.05, 4.69) is 30.6 Å². The molecule has 0 saturated heterocycles. The Balaban J connectivity index is 1.72. The number of nitrogens with one attached hydrogen (secondary N) is 2. The molecule has 4 rings (SSSR count). The van der Waals surface area contributed by atoms with Crippen LogP contribution in [0.5, 0.6) is 0 Å². The van der Waals surface area contributed by atoms with Crippen LogP contribution in [0, 0.1) is 5.95 Å². The van der Waals surface area contributed by atoms with Gasteiger partial charge in [-0.25, -0.2) is 14.6 Å². The highest BCUT2D eigenvalue weighted by atomic mass is 19.1. The number of hydrogen-bond donors (Lipinski definition) is 2. The summed E-state index contributed by atoms with van der Waals surface area (Å²) < 4.78 is 25.7. The van der Waals surface area contributed by atoms with Crippen LogP contribution in [0.1, 0.15) is 0 Å². The molecule has 0 radical (unpaired) electrons. The van der Waals surface area contributed by atoms with E-state index in [1.54, 1.807) is 19.4 Å². The molecule has 9 nitrogen and oxygen atoms in total. The minimum atomic E-state index is -0.506. The maximum atomic E-state index is 14.4. The monoisotopic (exact) mass is 343 g/mol. The van der Waals surface area contributed by atoms with Gasteiger partial charge in [0.25, 0.3) is 0 Å². The van der Waals surface area contributed by atoms with Gasteiger partial charge in [-0.15, -0.1) is 0 Å². The average Bonchev–Trinajstić information content (AvgIpc) is 3.35. The van der Waals surface area contributed by atoms with Gasteiger partial charge >= 0.3 is 0 Å². The van der Waals surface area contributed by atoms with E-state index in [1.165, 1.54) is 23.4 Å². The summed E-state index contributed by atoms with van der Waals surface area (Å²) >= 11 is 0. The molecule has 4 aromatic rings. The maximum Gasteiger partial charge on any atom is 0.235 e. The molecule has 0 amide bonds. The summed E-state index contributed by atoms with van der Waals surface area (Å²) in [6, 6.07) is 1.74. The lowest BCUT2D eigenvalue weighted by molar-refractivity contribution is 0.178. The number of aromatic amines is 1. The Labute approximate surface area is 140 Å². The highest BCUT2D eigenvalue weighted by Crippen LogP contribution is 2.26. The standard InChI is InChI=1S/C15H14FN7O2/c1-24-5-3-23-13(16)11(7-18-23)20-15-12-10(6-17-22-12)19-14(21-15)9-2-4-25-8-9/h2,4,6-8H,3,5H2,1H3,(H,17,22)(H,19,20,21). The zero-order valence-electron chi connectivity index (χ0n) is 13.2. The molecule has 128 valence electrons. The average molecular weight is 343 g/mol. The van der Waals surface area contributed by atoms with Crippen LogP contribution in [-0.4, -0.2) is 43.7 Å². The number of methoxy groups -OCH3 is 1. The predicted molar refractivity (Wildman–Crippen MR) is 86.7 cm³/mol. The number of H-pyrrole nitrogens is 1. The summed E-state index contributed by atoms with van der Waals surface area (Å²) in [5.41, 5.74) is 2.07. The number of rotatable bonds is 6. The Kier molecular flexibility index (Phi) is 3.86. The second-order valence-electron chi connectivity index (χ2n) is 5.23. The lowest BCUT2D eigenvalue weighted by atomic mass is 10.3. The van der Waals surface area contributed by atoms with Gasteiger partial charge in [0.05, 0.1) is 37.4 Å². The first-order valence-electron chi connectivity index (χ1n) is 7.47. The third-order valence-corrected chi connectivity index (χ3v) is 3.61. The number of aromatic nitrogens is 6. The van der Waals surface area contributed by atoms with Crippen LogP contribution in [-0.2, 0) is 11.3 Å². The fourth-order valence-corrected chi connectivity index (χ4v) is 2.37. The van der Waals surface area contributed by atoms with E-state index in [9.17, 15) is 4.39 Å². The summed E-state index contributed by atoms with van der Waals surface area (Å²) in [5, 5.41) is 13.7. The minimum Gasteiger partial charge on any atom is -0.472 e. The summed E-state index contributed by atoms with van der Waals surface area (Å²) in [7, 11) is 1.55. The van der Waals surface area contributed by atoms with Gasteiger partial charge < -0.3 is 14.5 Å². The lowest BCUT2D eigenvalue weighted by Crippen LogP contribution is -2.08. The fraction of sp³-hybridized carbons (Fsp3) is 0.200. The van der Waals surface area contributed by atoms with Gasteiger partial charge in [-0.3, -0.25) is 5.10 Å². The van der Waals surface area contributed by atoms with E-state index in [1.807, 2.05) is 0 Å². The van der Waals surface area contributed by atoms with Crippen molar-refractivity contribution in [1.82, 2.24) is 29.9 Å². The van der Waals surface area contributed by atoms with Gasteiger partial charge in [0, 0.05) is 7.11 Å². The van der Waals surface area contributed by atoms with Crippen molar-refractivity contribution < 1.29 is 13.5 Å². The van der Waals surface area contributed by atoms with Crippen molar-refractivity contribution in [2.45, 2.75) is 6.54 Å².